The summed E-state index contributed by atoms with van der Waals surface area (Å²) in [6, 6.07) is 12.8. The van der Waals surface area contributed by atoms with Crippen LogP contribution in [0.3, 0.4) is 0 Å². The Bertz CT molecular complexity index is 608. The highest BCUT2D eigenvalue weighted by Gasteiger charge is 2.07. The molecule has 2 aromatic rings. The van der Waals surface area contributed by atoms with E-state index in [4.69, 9.17) is 16.3 Å². The second-order valence-electron chi connectivity index (χ2n) is 4.55. The monoisotopic (exact) mass is 289 g/mol. The number of aryl methyl sites for hydroxylation is 1. The summed E-state index contributed by atoms with van der Waals surface area (Å²) in [6.07, 6.45) is 0. The van der Waals surface area contributed by atoms with Crippen LogP contribution in [0.1, 0.15) is 21.5 Å². The van der Waals surface area contributed by atoms with Gasteiger partial charge in [-0.15, -0.1) is 0 Å². The van der Waals surface area contributed by atoms with Crippen molar-refractivity contribution in [3.63, 3.8) is 0 Å². The molecule has 0 atom stereocenters. The molecule has 0 radical (unpaired) electrons. The minimum atomic E-state index is -0.158. The predicted molar refractivity (Wildman–Crippen MR) is 81.3 cm³/mol. The van der Waals surface area contributed by atoms with Gasteiger partial charge in [0.15, 0.2) is 0 Å². The van der Waals surface area contributed by atoms with Gasteiger partial charge in [0, 0.05) is 23.4 Å². The van der Waals surface area contributed by atoms with E-state index in [9.17, 15) is 4.79 Å². The molecule has 0 aromatic heterocycles. The first kappa shape index (κ1) is 14.6. The smallest absolute Gasteiger partial charge is 0.255 e. The summed E-state index contributed by atoms with van der Waals surface area (Å²) in [4.78, 5) is 12.1. The summed E-state index contributed by atoms with van der Waals surface area (Å²) in [7, 11) is 1.64. The number of carbonyl (C=O) groups is 1. The summed E-state index contributed by atoms with van der Waals surface area (Å²) < 4.78 is 5.03. The molecular weight excluding hydrogens is 274 g/mol. The van der Waals surface area contributed by atoms with E-state index in [2.05, 4.69) is 5.32 Å². The summed E-state index contributed by atoms with van der Waals surface area (Å²) in [5.41, 5.74) is 3.30. The molecular formula is C16H16ClNO2. The molecule has 20 heavy (non-hydrogen) atoms. The SMILES string of the molecule is COCc1ccc(C(=O)Nc2ccc(C)c(Cl)c2)cc1. The second-order valence-corrected chi connectivity index (χ2v) is 4.96. The second kappa shape index (κ2) is 6.55. The van der Waals surface area contributed by atoms with E-state index in [1.807, 2.05) is 31.2 Å². The maximum absolute atomic E-state index is 12.1. The van der Waals surface area contributed by atoms with Crippen molar-refractivity contribution < 1.29 is 9.53 Å². The van der Waals surface area contributed by atoms with E-state index >= 15 is 0 Å². The third-order valence-corrected chi connectivity index (χ3v) is 3.36. The highest BCUT2D eigenvalue weighted by atomic mass is 35.5. The van der Waals surface area contributed by atoms with Crippen LogP contribution in [0, 0.1) is 6.92 Å². The Kier molecular flexibility index (Phi) is 4.77. The summed E-state index contributed by atoms with van der Waals surface area (Å²) >= 11 is 6.03. The third kappa shape index (κ3) is 3.59. The van der Waals surface area contributed by atoms with Gasteiger partial charge in [0.25, 0.3) is 5.91 Å². The lowest BCUT2D eigenvalue weighted by atomic mass is 10.1. The largest absolute Gasteiger partial charge is 0.380 e. The lowest BCUT2D eigenvalue weighted by Crippen LogP contribution is -2.11. The number of rotatable bonds is 4. The number of halogens is 1. The van der Waals surface area contributed by atoms with Gasteiger partial charge in [-0.1, -0.05) is 29.8 Å². The zero-order valence-corrected chi connectivity index (χ0v) is 12.2. The minimum absolute atomic E-state index is 0.158. The zero-order chi connectivity index (χ0) is 14.5. The van der Waals surface area contributed by atoms with E-state index in [0.717, 1.165) is 11.1 Å². The van der Waals surface area contributed by atoms with Gasteiger partial charge in [0.1, 0.15) is 0 Å². The summed E-state index contributed by atoms with van der Waals surface area (Å²) in [5.74, 6) is -0.158. The van der Waals surface area contributed by atoms with E-state index in [-0.39, 0.29) is 5.91 Å². The van der Waals surface area contributed by atoms with E-state index in [0.29, 0.717) is 22.9 Å². The number of anilines is 1. The van der Waals surface area contributed by atoms with E-state index in [1.54, 1.807) is 25.3 Å². The van der Waals surface area contributed by atoms with E-state index < -0.39 is 0 Å². The Morgan fingerprint density at radius 1 is 1.20 bits per heavy atom. The Hall–Kier alpha value is -1.84. The van der Waals surface area contributed by atoms with Gasteiger partial charge >= 0.3 is 0 Å². The Morgan fingerprint density at radius 3 is 2.50 bits per heavy atom. The average Bonchev–Trinajstić information content (AvgIpc) is 2.44. The number of methoxy groups -OCH3 is 1. The number of ether oxygens (including phenoxy) is 1. The molecule has 2 aromatic carbocycles. The lowest BCUT2D eigenvalue weighted by Gasteiger charge is -2.07. The van der Waals surface area contributed by atoms with Gasteiger partial charge in [-0.25, -0.2) is 0 Å². The van der Waals surface area contributed by atoms with Crippen LogP contribution in [0.5, 0.6) is 0 Å². The van der Waals surface area contributed by atoms with Crippen molar-refractivity contribution >= 4 is 23.2 Å². The van der Waals surface area contributed by atoms with Crippen LogP contribution < -0.4 is 5.32 Å². The molecule has 0 aliphatic heterocycles. The number of hydrogen-bond donors (Lipinski definition) is 1. The fraction of sp³-hybridized carbons (Fsp3) is 0.188. The molecule has 0 spiro atoms. The van der Waals surface area contributed by atoms with Crippen LogP contribution in [0.4, 0.5) is 5.69 Å². The first-order valence-electron chi connectivity index (χ1n) is 6.25. The van der Waals surface area contributed by atoms with Gasteiger partial charge in [-0.05, 0) is 42.3 Å². The minimum Gasteiger partial charge on any atom is -0.380 e. The third-order valence-electron chi connectivity index (χ3n) is 2.96. The molecule has 0 fully saturated rings. The van der Waals surface area contributed by atoms with Crippen molar-refractivity contribution in [1.29, 1.82) is 0 Å². The van der Waals surface area contributed by atoms with Gasteiger partial charge < -0.3 is 10.1 Å². The molecule has 0 heterocycles. The maximum Gasteiger partial charge on any atom is 0.255 e. The maximum atomic E-state index is 12.1. The molecule has 1 amide bonds. The number of nitrogens with one attached hydrogen (secondary N) is 1. The molecule has 0 unspecified atom stereocenters. The first-order chi connectivity index (χ1) is 9.60. The summed E-state index contributed by atoms with van der Waals surface area (Å²) in [5, 5.41) is 3.46. The molecule has 4 heteroatoms. The van der Waals surface area contributed by atoms with Gasteiger partial charge in [0.2, 0.25) is 0 Å². The van der Waals surface area contributed by atoms with Gasteiger partial charge in [0.05, 0.1) is 6.61 Å². The van der Waals surface area contributed by atoms with Crippen molar-refractivity contribution in [1.82, 2.24) is 0 Å². The highest BCUT2D eigenvalue weighted by molar-refractivity contribution is 6.31. The van der Waals surface area contributed by atoms with Crippen molar-refractivity contribution in [3.8, 4) is 0 Å². The average molecular weight is 290 g/mol. The van der Waals surface area contributed by atoms with Crippen LogP contribution in [0.2, 0.25) is 5.02 Å². The fourth-order valence-electron chi connectivity index (χ4n) is 1.79. The fourth-order valence-corrected chi connectivity index (χ4v) is 1.97. The number of hydrogen-bond acceptors (Lipinski definition) is 2. The molecule has 0 bridgehead atoms. The van der Waals surface area contributed by atoms with Crippen molar-refractivity contribution in [3.05, 3.63) is 64.2 Å². The van der Waals surface area contributed by atoms with Crippen LogP contribution >= 0.6 is 11.6 Å². The van der Waals surface area contributed by atoms with Crippen LogP contribution in [0.25, 0.3) is 0 Å². The van der Waals surface area contributed by atoms with Crippen LogP contribution in [0.15, 0.2) is 42.5 Å². The number of amides is 1. The standard InChI is InChI=1S/C16H16ClNO2/c1-11-3-8-14(9-15(11)17)18-16(19)13-6-4-12(5-7-13)10-20-2/h3-9H,10H2,1-2H3,(H,18,19). The molecule has 1 N–H and O–H groups in total. The van der Waals surface area contributed by atoms with Gasteiger partial charge in [-0.2, -0.15) is 0 Å². The molecule has 0 aliphatic rings. The molecule has 3 nitrogen and oxygen atoms in total. The van der Waals surface area contributed by atoms with Crippen LogP contribution in [-0.4, -0.2) is 13.0 Å². The molecule has 104 valence electrons. The topological polar surface area (TPSA) is 38.3 Å². The zero-order valence-electron chi connectivity index (χ0n) is 11.4. The molecule has 0 saturated carbocycles. The normalized spacial score (nSPS) is 10.3. The molecule has 2 rings (SSSR count). The van der Waals surface area contributed by atoms with Crippen molar-refractivity contribution in [2.24, 2.45) is 0 Å². The Morgan fingerprint density at radius 2 is 1.90 bits per heavy atom. The number of benzene rings is 2. The lowest BCUT2D eigenvalue weighted by molar-refractivity contribution is 0.102. The Labute approximate surface area is 123 Å². The highest BCUT2D eigenvalue weighted by Crippen LogP contribution is 2.20. The van der Waals surface area contributed by atoms with Crippen molar-refractivity contribution in [2.45, 2.75) is 13.5 Å². The van der Waals surface area contributed by atoms with Crippen LogP contribution in [-0.2, 0) is 11.3 Å². The predicted octanol–water partition coefficient (Wildman–Crippen LogP) is 4.05. The first-order valence-corrected chi connectivity index (χ1v) is 6.63. The quantitative estimate of drug-likeness (QED) is 0.922. The number of carbonyl (C=O) groups excluding carboxylic acids is 1. The van der Waals surface area contributed by atoms with Crippen molar-refractivity contribution in [2.75, 3.05) is 12.4 Å². The molecule has 0 saturated heterocycles. The Balaban J connectivity index is 2.09. The van der Waals surface area contributed by atoms with Gasteiger partial charge in [-0.3, -0.25) is 4.79 Å². The molecule has 0 aliphatic carbocycles. The summed E-state index contributed by atoms with van der Waals surface area (Å²) in [6.45, 7) is 2.46. The van der Waals surface area contributed by atoms with E-state index in [1.165, 1.54) is 0 Å².